The highest BCUT2D eigenvalue weighted by atomic mass is 32.2. The van der Waals surface area contributed by atoms with Gasteiger partial charge in [0.2, 0.25) is 5.91 Å². The van der Waals surface area contributed by atoms with Crippen molar-refractivity contribution >= 4 is 28.8 Å². The zero-order valence-electron chi connectivity index (χ0n) is 12.0. The van der Waals surface area contributed by atoms with Crippen molar-refractivity contribution in [2.45, 2.75) is 19.1 Å². The molecule has 1 atom stereocenters. The fraction of sp³-hybridized carbons (Fsp3) is 0.357. The summed E-state index contributed by atoms with van der Waals surface area (Å²) in [5.41, 5.74) is 0. The lowest BCUT2D eigenvalue weighted by molar-refractivity contribution is -0.135. The van der Waals surface area contributed by atoms with Crippen LogP contribution in [0.25, 0.3) is 0 Å². The Balaban J connectivity index is 2.47. The van der Waals surface area contributed by atoms with Gasteiger partial charge in [-0.2, -0.15) is 0 Å². The smallest absolute Gasteiger partial charge is 0.330 e. The zero-order valence-corrected chi connectivity index (χ0v) is 12.9. The van der Waals surface area contributed by atoms with Gasteiger partial charge in [0, 0.05) is 6.92 Å². The largest absolute Gasteiger partial charge is 0.493 e. The number of hydrogen-bond donors (Lipinski definition) is 1. The van der Waals surface area contributed by atoms with Crippen LogP contribution in [0.15, 0.2) is 24.3 Å². The molecule has 114 valence electrons. The topological polar surface area (TPSA) is 81.7 Å². The van der Waals surface area contributed by atoms with Gasteiger partial charge < -0.3 is 14.8 Å². The van der Waals surface area contributed by atoms with Crippen molar-refractivity contribution in [3.05, 3.63) is 24.3 Å². The van der Waals surface area contributed by atoms with Gasteiger partial charge in [0.05, 0.1) is 12.4 Å². The lowest BCUT2D eigenvalue weighted by atomic mass is 10.3. The summed E-state index contributed by atoms with van der Waals surface area (Å²) in [6.45, 7) is 2.69. The molecule has 0 radical (unpaired) electrons. The number of amides is 1. The molecule has 0 aliphatic carbocycles. The van der Waals surface area contributed by atoms with Gasteiger partial charge in [0.15, 0.2) is 16.6 Å². The Labute approximate surface area is 127 Å². The summed E-state index contributed by atoms with van der Waals surface area (Å²) in [6, 6.07) is 6.70. The van der Waals surface area contributed by atoms with Crippen LogP contribution in [-0.4, -0.2) is 35.9 Å². The molecular weight excluding hydrogens is 294 g/mol. The maximum absolute atomic E-state index is 11.7. The van der Waals surface area contributed by atoms with E-state index in [0.29, 0.717) is 5.75 Å². The molecule has 1 unspecified atom stereocenters. The number of nitrogens with one attached hydrogen (secondary N) is 1. The molecule has 0 saturated carbocycles. The van der Waals surface area contributed by atoms with Gasteiger partial charge in [-0.05, 0) is 19.1 Å². The number of thioether (sulfide) groups is 1. The first kappa shape index (κ1) is 17.0. The molecule has 1 amide bonds. The Morgan fingerprint density at radius 1 is 1.24 bits per heavy atom. The van der Waals surface area contributed by atoms with Crippen molar-refractivity contribution in [1.82, 2.24) is 5.32 Å². The van der Waals surface area contributed by atoms with Crippen LogP contribution in [0.2, 0.25) is 0 Å². The number of benzene rings is 1. The van der Waals surface area contributed by atoms with Gasteiger partial charge in [-0.25, -0.2) is 4.79 Å². The average molecular weight is 311 g/mol. The van der Waals surface area contributed by atoms with E-state index in [2.05, 4.69) is 5.32 Å². The summed E-state index contributed by atoms with van der Waals surface area (Å²) in [5.74, 6) is -0.303. The van der Waals surface area contributed by atoms with E-state index in [1.165, 1.54) is 14.0 Å². The molecule has 0 spiro atoms. The third-order valence-corrected chi connectivity index (χ3v) is 3.31. The van der Waals surface area contributed by atoms with Gasteiger partial charge in [0.25, 0.3) is 0 Å². The molecule has 0 heterocycles. The highest BCUT2D eigenvalue weighted by Gasteiger charge is 2.17. The number of carbonyl (C=O) groups is 3. The van der Waals surface area contributed by atoms with Crippen LogP contribution in [0.3, 0.4) is 0 Å². The number of ether oxygens (including phenoxy) is 2. The molecule has 21 heavy (non-hydrogen) atoms. The molecule has 1 rings (SSSR count). The van der Waals surface area contributed by atoms with Crippen LogP contribution in [-0.2, 0) is 14.4 Å². The second kappa shape index (κ2) is 8.31. The van der Waals surface area contributed by atoms with E-state index in [9.17, 15) is 14.4 Å². The standard InChI is InChI=1S/C14H17NO5S/c1-9(21-10(2)16)14(18)15-8-13(17)20-12-7-5-4-6-11(12)19-3/h4-7,9H,8H2,1-3H3,(H,15,18). The molecular formula is C14H17NO5S. The van der Waals surface area contributed by atoms with Crippen molar-refractivity contribution in [1.29, 1.82) is 0 Å². The van der Waals surface area contributed by atoms with Crippen LogP contribution >= 0.6 is 11.8 Å². The normalized spacial score (nSPS) is 11.4. The first-order valence-corrected chi connectivity index (χ1v) is 7.10. The van der Waals surface area contributed by atoms with Crippen LogP contribution in [0.5, 0.6) is 11.5 Å². The lowest BCUT2D eigenvalue weighted by Crippen LogP contribution is -2.36. The predicted octanol–water partition coefficient (Wildman–Crippen LogP) is 1.39. The van der Waals surface area contributed by atoms with Crippen molar-refractivity contribution in [2.75, 3.05) is 13.7 Å². The van der Waals surface area contributed by atoms with Gasteiger partial charge in [-0.1, -0.05) is 23.9 Å². The van der Waals surface area contributed by atoms with E-state index >= 15 is 0 Å². The Morgan fingerprint density at radius 3 is 2.43 bits per heavy atom. The Bertz CT molecular complexity index is 532. The Morgan fingerprint density at radius 2 is 1.86 bits per heavy atom. The number of para-hydroxylation sites is 2. The molecule has 0 bridgehead atoms. The van der Waals surface area contributed by atoms with Gasteiger partial charge in [-0.15, -0.1) is 0 Å². The minimum atomic E-state index is -0.618. The number of methoxy groups -OCH3 is 1. The molecule has 0 saturated heterocycles. The molecule has 6 nitrogen and oxygen atoms in total. The number of esters is 1. The first-order chi connectivity index (χ1) is 9.93. The van der Waals surface area contributed by atoms with E-state index in [4.69, 9.17) is 9.47 Å². The minimum Gasteiger partial charge on any atom is -0.493 e. The molecule has 7 heteroatoms. The number of carbonyl (C=O) groups excluding carboxylic acids is 3. The molecule has 1 aromatic carbocycles. The summed E-state index contributed by atoms with van der Waals surface area (Å²) in [4.78, 5) is 34.2. The van der Waals surface area contributed by atoms with Gasteiger partial charge in [-0.3, -0.25) is 9.59 Å². The third kappa shape index (κ3) is 5.86. The molecule has 0 aromatic heterocycles. The average Bonchev–Trinajstić information content (AvgIpc) is 2.44. The molecule has 0 aliphatic rings. The molecule has 1 N–H and O–H groups in total. The summed E-state index contributed by atoms with van der Waals surface area (Å²) < 4.78 is 10.1. The Kier molecular flexibility index (Phi) is 6.74. The highest BCUT2D eigenvalue weighted by molar-refractivity contribution is 8.14. The first-order valence-electron chi connectivity index (χ1n) is 6.22. The molecule has 1 aromatic rings. The van der Waals surface area contributed by atoms with Gasteiger partial charge >= 0.3 is 5.97 Å². The minimum absolute atomic E-state index is 0.158. The number of rotatable bonds is 6. The van der Waals surface area contributed by atoms with E-state index in [1.807, 2.05) is 0 Å². The van der Waals surface area contributed by atoms with Crippen molar-refractivity contribution in [2.24, 2.45) is 0 Å². The monoisotopic (exact) mass is 311 g/mol. The lowest BCUT2D eigenvalue weighted by Gasteiger charge is -2.11. The maximum atomic E-state index is 11.7. The van der Waals surface area contributed by atoms with Crippen molar-refractivity contribution < 1.29 is 23.9 Å². The van der Waals surface area contributed by atoms with E-state index in [1.54, 1.807) is 31.2 Å². The van der Waals surface area contributed by atoms with Crippen LogP contribution < -0.4 is 14.8 Å². The quantitative estimate of drug-likeness (QED) is 0.631. The van der Waals surface area contributed by atoms with Crippen LogP contribution in [0.1, 0.15) is 13.8 Å². The number of hydrogen-bond acceptors (Lipinski definition) is 6. The maximum Gasteiger partial charge on any atom is 0.330 e. The second-order valence-electron chi connectivity index (χ2n) is 4.09. The van der Waals surface area contributed by atoms with Gasteiger partial charge in [0.1, 0.15) is 6.54 Å². The second-order valence-corrected chi connectivity index (χ2v) is 5.61. The summed E-state index contributed by atoms with van der Waals surface area (Å²) in [7, 11) is 1.47. The third-order valence-electron chi connectivity index (χ3n) is 2.41. The summed E-state index contributed by atoms with van der Waals surface area (Å²) in [5, 5.41) is 1.71. The fourth-order valence-electron chi connectivity index (χ4n) is 1.47. The van der Waals surface area contributed by atoms with Crippen LogP contribution in [0, 0.1) is 0 Å². The van der Waals surface area contributed by atoms with E-state index in [-0.39, 0.29) is 17.4 Å². The zero-order chi connectivity index (χ0) is 15.8. The van der Waals surface area contributed by atoms with E-state index < -0.39 is 17.1 Å². The summed E-state index contributed by atoms with van der Waals surface area (Å²) >= 11 is 0.901. The molecule has 0 aliphatic heterocycles. The van der Waals surface area contributed by atoms with E-state index in [0.717, 1.165) is 11.8 Å². The fourth-order valence-corrected chi connectivity index (χ4v) is 2.16. The SMILES string of the molecule is COc1ccccc1OC(=O)CNC(=O)C(C)SC(C)=O. The Hall–Kier alpha value is -2.02. The highest BCUT2D eigenvalue weighted by Crippen LogP contribution is 2.25. The van der Waals surface area contributed by atoms with Crippen LogP contribution in [0.4, 0.5) is 0 Å². The predicted molar refractivity (Wildman–Crippen MR) is 79.4 cm³/mol. The summed E-state index contributed by atoms with van der Waals surface area (Å²) in [6.07, 6.45) is 0. The van der Waals surface area contributed by atoms with Crippen molar-refractivity contribution in [3.8, 4) is 11.5 Å². The van der Waals surface area contributed by atoms with Crippen molar-refractivity contribution in [3.63, 3.8) is 0 Å². The molecule has 0 fully saturated rings.